The Hall–Kier alpha value is -1.49. The van der Waals surface area contributed by atoms with Gasteiger partial charge in [0, 0.05) is 33.8 Å². The topological polar surface area (TPSA) is 52.4 Å². The van der Waals surface area contributed by atoms with Crippen LogP contribution in [-0.2, 0) is 6.61 Å². The minimum atomic E-state index is -0.494. The van der Waals surface area contributed by atoms with Crippen molar-refractivity contribution in [3.8, 4) is 5.75 Å². The third kappa shape index (κ3) is 3.54. The standard InChI is InChI=1S/C13H8Cl3NO3/c14-9-1-3-12(16)13(6-9)20-7-8-5-10(17(18)19)2-4-11(8)15/h1-6H,7H2. The van der Waals surface area contributed by atoms with E-state index in [4.69, 9.17) is 39.5 Å². The van der Waals surface area contributed by atoms with Gasteiger partial charge >= 0.3 is 0 Å². The van der Waals surface area contributed by atoms with Gasteiger partial charge in [0.15, 0.2) is 0 Å². The summed E-state index contributed by atoms with van der Waals surface area (Å²) in [4.78, 5) is 10.2. The second-order valence-electron chi connectivity index (χ2n) is 3.90. The number of hydrogen-bond donors (Lipinski definition) is 0. The van der Waals surface area contributed by atoms with Crippen molar-refractivity contribution in [2.45, 2.75) is 6.61 Å². The van der Waals surface area contributed by atoms with Crippen LogP contribution < -0.4 is 4.74 Å². The molecule has 2 rings (SSSR count). The van der Waals surface area contributed by atoms with Crippen LogP contribution in [0.5, 0.6) is 5.75 Å². The predicted molar refractivity (Wildman–Crippen MR) is 78.9 cm³/mol. The number of ether oxygens (including phenoxy) is 1. The van der Waals surface area contributed by atoms with E-state index >= 15 is 0 Å². The zero-order valence-electron chi connectivity index (χ0n) is 9.98. The van der Waals surface area contributed by atoms with E-state index in [0.717, 1.165) is 0 Å². The molecule has 2 aromatic carbocycles. The van der Waals surface area contributed by atoms with E-state index in [2.05, 4.69) is 0 Å². The molecule has 0 aliphatic carbocycles. The van der Waals surface area contributed by atoms with Crippen LogP contribution in [0.15, 0.2) is 36.4 Å². The van der Waals surface area contributed by atoms with Crippen LogP contribution in [0.4, 0.5) is 5.69 Å². The van der Waals surface area contributed by atoms with Crippen LogP contribution in [0.25, 0.3) is 0 Å². The normalized spacial score (nSPS) is 10.3. The van der Waals surface area contributed by atoms with Crippen molar-refractivity contribution in [2.24, 2.45) is 0 Å². The van der Waals surface area contributed by atoms with Crippen molar-refractivity contribution >= 4 is 40.5 Å². The summed E-state index contributed by atoms with van der Waals surface area (Å²) in [6.45, 7) is 0.0561. The molecule has 7 heteroatoms. The summed E-state index contributed by atoms with van der Waals surface area (Å²) < 4.78 is 5.50. The fraction of sp³-hybridized carbons (Fsp3) is 0.0769. The number of nitro groups is 1. The van der Waals surface area contributed by atoms with Gasteiger partial charge in [-0.2, -0.15) is 0 Å². The van der Waals surface area contributed by atoms with Crippen molar-refractivity contribution in [3.05, 3.63) is 67.1 Å². The van der Waals surface area contributed by atoms with Gasteiger partial charge in [-0.25, -0.2) is 0 Å². The second-order valence-corrected chi connectivity index (χ2v) is 5.15. The fourth-order valence-corrected chi connectivity index (χ4v) is 2.03. The van der Waals surface area contributed by atoms with Crippen molar-refractivity contribution in [1.29, 1.82) is 0 Å². The van der Waals surface area contributed by atoms with E-state index in [-0.39, 0.29) is 12.3 Å². The second kappa shape index (κ2) is 6.31. The van der Waals surface area contributed by atoms with E-state index in [1.165, 1.54) is 18.2 Å². The molecule has 0 aliphatic heterocycles. The Balaban J connectivity index is 2.20. The molecular weight excluding hydrogens is 325 g/mol. The molecule has 0 aromatic heterocycles. The smallest absolute Gasteiger partial charge is 0.269 e. The van der Waals surface area contributed by atoms with Crippen LogP contribution in [0.1, 0.15) is 5.56 Å². The van der Waals surface area contributed by atoms with Crippen LogP contribution in [0.2, 0.25) is 15.1 Å². The summed E-state index contributed by atoms with van der Waals surface area (Å²) in [6, 6.07) is 8.96. The first-order valence-corrected chi connectivity index (χ1v) is 6.61. The molecule has 0 fully saturated rings. The maximum Gasteiger partial charge on any atom is 0.269 e. The van der Waals surface area contributed by atoms with Crippen molar-refractivity contribution in [2.75, 3.05) is 0 Å². The summed E-state index contributed by atoms with van der Waals surface area (Å²) in [6.07, 6.45) is 0. The van der Waals surface area contributed by atoms with Gasteiger partial charge in [-0.05, 0) is 18.2 Å². The maximum absolute atomic E-state index is 10.7. The molecule has 0 heterocycles. The molecular formula is C13H8Cl3NO3. The van der Waals surface area contributed by atoms with Crippen LogP contribution in [0, 0.1) is 10.1 Å². The summed E-state index contributed by atoms with van der Waals surface area (Å²) in [5, 5.41) is 12.0. The summed E-state index contributed by atoms with van der Waals surface area (Å²) in [7, 11) is 0. The Morgan fingerprint density at radius 3 is 2.45 bits per heavy atom. The van der Waals surface area contributed by atoms with E-state index in [1.807, 2.05) is 0 Å². The van der Waals surface area contributed by atoms with E-state index in [1.54, 1.807) is 18.2 Å². The molecule has 4 nitrogen and oxygen atoms in total. The molecule has 0 saturated heterocycles. The van der Waals surface area contributed by atoms with Gasteiger partial charge in [0.25, 0.3) is 5.69 Å². The SMILES string of the molecule is O=[N+]([O-])c1ccc(Cl)c(COc2cc(Cl)ccc2Cl)c1. The highest BCUT2D eigenvalue weighted by molar-refractivity contribution is 6.34. The van der Waals surface area contributed by atoms with Gasteiger partial charge in [0.2, 0.25) is 0 Å². The number of nitro benzene ring substituents is 1. The lowest BCUT2D eigenvalue weighted by molar-refractivity contribution is -0.384. The highest BCUT2D eigenvalue weighted by Gasteiger charge is 2.11. The minimum Gasteiger partial charge on any atom is -0.487 e. The lowest BCUT2D eigenvalue weighted by atomic mass is 10.2. The minimum absolute atomic E-state index is 0.0507. The summed E-state index contributed by atoms with van der Waals surface area (Å²) in [5.74, 6) is 0.390. The van der Waals surface area contributed by atoms with Gasteiger partial charge in [-0.15, -0.1) is 0 Å². The number of halogens is 3. The average molecular weight is 333 g/mol. The van der Waals surface area contributed by atoms with Crippen LogP contribution in [0.3, 0.4) is 0 Å². The highest BCUT2D eigenvalue weighted by Crippen LogP contribution is 2.30. The van der Waals surface area contributed by atoms with Crippen molar-refractivity contribution < 1.29 is 9.66 Å². The average Bonchev–Trinajstić information content (AvgIpc) is 2.41. The van der Waals surface area contributed by atoms with Gasteiger partial charge in [0.1, 0.15) is 12.4 Å². The summed E-state index contributed by atoms with van der Waals surface area (Å²) >= 11 is 17.8. The van der Waals surface area contributed by atoms with Gasteiger partial charge in [0.05, 0.1) is 9.95 Å². The Bertz CT molecular complexity index is 661. The zero-order valence-corrected chi connectivity index (χ0v) is 12.2. The lowest BCUT2D eigenvalue weighted by Gasteiger charge is -2.09. The number of benzene rings is 2. The Morgan fingerprint density at radius 1 is 1.05 bits per heavy atom. The molecule has 0 spiro atoms. The van der Waals surface area contributed by atoms with Crippen LogP contribution in [-0.4, -0.2) is 4.92 Å². The Kier molecular flexibility index (Phi) is 4.70. The quantitative estimate of drug-likeness (QED) is 0.576. The maximum atomic E-state index is 10.7. The van der Waals surface area contributed by atoms with Crippen molar-refractivity contribution in [1.82, 2.24) is 0 Å². The molecule has 20 heavy (non-hydrogen) atoms. The number of hydrogen-bond acceptors (Lipinski definition) is 3. The Morgan fingerprint density at radius 2 is 1.75 bits per heavy atom. The lowest BCUT2D eigenvalue weighted by Crippen LogP contribution is -1.98. The molecule has 2 aromatic rings. The summed E-state index contributed by atoms with van der Waals surface area (Å²) in [5.41, 5.74) is 0.446. The first-order chi connectivity index (χ1) is 9.47. The van der Waals surface area contributed by atoms with Crippen LogP contribution >= 0.6 is 34.8 Å². The third-order valence-electron chi connectivity index (χ3n) is 2.52. The molecule has 0 amide bonds. The number of nitrogens with zero attached hydrogens (tertiary/aromatic N) is 1. The molecule has 0 atom stereocenters. The molecule has 0 saturated carbocycles. The van der Waals surface area contributed by atoms with Gasteiger partial charge in [-0.3, -0.25) is 10.1 Å². The predicted octanol–water partition coefficient (Wildman–Crippen LogP) is 5.13. The largest absolute Gasteiger partial charge is 0.487 e. The molecule has 0 N–H and O–H groups in total. The Labute approximate surface area is 130 Å². The third-order valence-corrected chi connectivity index (χ3v) is 3.43. The van der Waals surface area contributed by atoms with E-state index in [0.29, 0.717) is 26.4 Å². The molecule has 0 radical (unpaired) electrons. The number of rotatable bonds is 4. The first kappa shape index (κ1) is 14.9. The van der Waals surface area contributed by atoms with E-state index < -0.39 is 4.92 Å². The number of non-ortho nitro benzene ring substituents is 1. The fourth-order valence-electron chi connectivity index (χ4n) is 1.53. The van der Waals surface area contributed by atoms with Gasteiger partial charge in [-0.1, -0.05) is 34.8 Å². The molecule has 0 unspecified atom stereocenters. The van der Waals surface area contributed by atoms with Gasteiger partial charge < -0.3 is 4.74 Å². The van der Waals surface area contributed by atoms with Crippen molar-refractivity contribution in [3.63, 3.8) is 0 Å². The molecule has 104 valence electrons. The molecule has 0 bridgehead atoms. The highest BCUT2D eigenvalue weighted by atomic mass is 35.5. The zero-order chi connectivity index (χ0) is 14.7. The first-order valence-electron chi connectivity index (χ1n) is 5.48. The van der Waals surface area contributed by atoms with E-state index in [9.17, 15) is 10.1 Å². The molecule has 0 aliphatic rings. The monoisotopic (exact) mass is 331 g/mol.